The quantitative estimate of drug-likeness (QED) is 0.776. The second kappa shape index (κ2) is 5.37. The van der Waals surface area contributed by atoms with E-state index in [1.54, 1.807) is 16.8 Å². The van der Waals surface area contributed by atoms with Crippen LogP contribution >= 0.6 is 11.6 Å². The van der Waals surface area contributed by atoms with Crippen LogP contribution in [0.1, 0.15) is 16.1 Å². The Morgan fingerprint density at radius 1 is 1.43 bits per heavy atom. The van der Waals surface area contributed by atoms with Crippen molar-refractivity contribution in [2.75, 3.05) is 5.32 Å². The van der Waals surface area contributed by atoms with Gasteiger partial charge < -0.3 is 0 Å². The zero-order valence-electron chi connectivity index (χ0n) is 11.0. The topological polar surface area (TPSA) is 88.5 Å². The molecule has 0 fully saturated rings. The Hall–Kier alpha value is -2.67. The van der Waals surface area contributed by atoms with Crippen LogP contribution in [0.25, 0.3) is 5.69 Å². The maximum atomic E-state index is 12.2. The molecule has 0 radical (unpaired) electrons. The minimum atomic E-state index is -0.308. The predicted octanol–water partition coefficient (Wildman–Crippen LogP) is 2.20. The second-order valence-electron chi connectivity index (χ2n) is 4.32. The van der Waals surface area contributed by atoms with E-state index in [0.717, 1.165) is 5.69 Å². The molecule has 8 heteroatoms. The zero-order valence-corrected chi connectivity index (χ0v) is 11.8. The van der Waals surface area contributed by atoms with E-state index in [2.05, 4.69) is 25.6 Å². The lowest BCUT2D eigenvalue weighted by Crippen LogP contribution is -2.14. The maximum absolute atomic E-state index is 12.2. The number of H-pyrrole nitrogens is 1. The van der Waals surface area contributed by atoms with E-state index in [-0.39, 0.29) is 11.9 Å². The van der Waals surface area contributed by atoms with Crippen molar-refractivity contribution in [2.24, 2.45) is 0 Å². The number of hydrogen-bond donors (Lipinski definition) is 2. The number of hydrogen-bond acceptors (Lipinski definition) is 4. The summed E-state index contributed by atoms with van der Waals surface area (Å²) in [5.41, 5.74) is 1.94. The summed E-state index contributed by atoms with van der Waals surface area (Å²) in [7, 11) is 0. The van der Waals surface area contributed by atoms with Crippen LogP contribution in [0.15, 0.2) is 36.8 Å². The van der Waals surface area contributed by atoms with Gasteiger partial charge in [-0.25, -0.2) is 9.78 Å². The Kier molecular flexibility index (Phi) is 3.41. The number of nitrogens with one attached hydrogen (secondary N) is 2. The van der Waals surface area contributed by atoms with Crippen molar-refractivity contribution >= 4 is 23.5 Å². The van der Waals surface area contributed by atoms with Crippen LogP contribution in [-0.2, 0) is 0 Å². The highest BCUT2D eigenvalue weighted by Gasteiger charge is 2.16. The Balaban J connectivity index is 1.90. The summed E-state index contributed by atoms with van der Waals surface area (Å²) in [5, 5.41) is 13.7. The molecule has 1 aromatic carbocycles. The molecular formula is C13H11ClN6O. The number of amides is 1. The van der Waals surface area contributed by atoms with Gasteiger partial charge in [0, 0.05) is 5.02 Å². The number of rotatable bonds is 3. The first kappa shape index (κ1) is 13.3. The van der Waals surface area contributed by atoms with Crippen molar-refractivity contribution in [1.29, 1.82) is 0 Å². The third-order valence-corrected chi connectivity index (χ3v) is 3.19. The molecule has 0 saturated heterocycles. The van der Waals surface area contributed by atoms with Gasteiger partial charge in [0.1, 0.15) is 6.33 Å². The van der Waals surface area contributed by atoms with Crippen LogP contribution in [0.5, 0.6) is 0 Å². The Bertz CT molecular complexity index is 780. The zero-order chi connectivity index (χ0) is 14.8. The summed E-state index contributed by atoms with van der Waals surface area (Å²) >= 11 is 5.97. The van der Waals surface area contributed by atoms with Crippen LogP contribution in [-0.4, -0.2) is 30.9 Å². The number of carbonyl (C=O) groups excluding carboxylic acids is 1. The highest BCUT2D eigenvalue weighted by molar-refractivity contribution is 6.30. The Morgan fingerprint density at radius 2 is 2.29 bits per heavy atom. The second-order valence-corrected chi connectivity index (χ2v) is 4.76. The number of aromatic amines is 1. The van der Waals surface area contributed by atoms with Crippen molar-refractivity contribution in [3.63, 3.8) is 0 Å². The minimum absolute atomic E-state index is 0.287. The van der Waals surface area contributed by atoms with Gasteiger partial charge in [-0.2, -0.15) is 15.2 Å². The SMILES string of the molecule is Cc1c(C(=O)Nc2ncn[nH]2)cnn1-c1cccc(Cl)c1. The molecule has 3 rings (SSSR count). The van der Waals surface area contributed by atoms with E-state index < -0.39 is 0 Å². The molecular weight excluding hydrogens is 292 g/mol. The van der Waals surface area contributed by atoms with Gasteiger partial charge in [-0.15, -0.1) is 0 Å². The number of benzene rings is 1. The summed E-state index contributed by atoms with van der Waals surface area (Å²) in [4.78, 5) is 16.0. The van der Waals surface area contributed by atoms with Crippen molar-refractivity contribution < 1.29 is 4.79 Å². The molecule has 0 spiro atoms. The summed E-state index contributed by atoms with van der Waals surface area (Å²) in [6.07, 6.45) is 2.82. The Labute approximate surface area is 125 Å². The van der Waals surface area contributed by atoms with E-state index in [1.165, 1.54) is 12.5 Å². The van der Waals surface area contributed by atoms with Gasteiger partial charge in [-0.3, -0.25) is 10.1 Å². The molecule has 3 aromatic rings. The first-order valence-corrected chi connectivity index (χ1v) is 6.50. The summed E-state index contributed by atoms with van der Waals surface area (Å²) < 4.78 is 1.65. The number of halogens is 1. The monoisotopic (exact) mass is 302 g/mol. The van der Waals surface area contributed by atoms with Gasteiger partial charge in [-0.1, -0.05) is 17.7 Å². The van der Waals surface area contributed by atoms with Crippen LogP contribution in [0.2, 0.25) is 5.02 Å². The molecule has 0 saturated carbocycles. The van der Waals surface area contributed by atoms with Crippen LogP contribution in [0, 0.1) is 6.92 Å². The molecule has 106 valence electrons. The van der Waals surface area contributed by atoms with E-state index in [4.69, 9.17) is 11.6 Å². The standard InChI is InChI=1S/C13H11ClN6O/c1-8-11(12(21)18-13-15-7-16-19-13)6-17-20(8)10-4-2-3-9(14)5-10/h2-7H,1H3,(H2,15,16,18,19,21). The van der Waals surface area contributed by atoms with E-state index >= 15 is 0 Å². The van der Waals surface area contributed by atoms with E-state index in [9.17, 15) is 4.79 Å². The minimum Gasteiger partial charge on any atom is -0.291 e. The molecule has 0 aliphatic rings. The van der Waals surface area contributed by atoms with Gasteiger partial charge in [0.25, 0.3) is 5.91 Å². The van der Waals surface area contributed by atoms with Gasteiger partial charge in [0.15, 0.2) is 0 Å². The number of carbonyl (C=O) groups is 1. The van der Waals surface area contributed by atoms with E-state index in [1.807, 2.05) is 19.1 Å². The van der Waals surface area contributed by atoms with Crippen molar-refractivity contribution in [3.05, 3.63) is 53.1 Å². The average molecular weight is 303 g/mol. The molecule has 7 nitrogen and oxygen atoms in total. The molecule has 1 amide bonds. The first-order valence-electron chi connectivity index (χ1n) is 6.12. The fourth-order valence-electron chi connectivity index (χ4n) is 1.94. The summed E-state index contributed by atoms with van der Waals surface area (Å²) in [6.45, 7) is 1.81. The van der Waals surface area contributed by atoms with Crippen molar-refractivity contribution in [1.82, 2.24) is 25.0 Å². The van der Waals surface area contributed by atoms with Gasteiger partial charge in [-0.05, 0) is 25.1 Å². The highest BCUT2D eigenvalue weighted by atomic mass is 35.5. The normalized spacial score (nSPS) is 10.6. The maximum Gasteiger partial charge on any atom is 0.261 e. The summed E-state index contributed by atoms with van der Waals surface area (Å²) in [5.74, 6) is -0.0209. The van der Waals surface area contributed by atoms with Gasteiger partial charge in [0.05, 0.1) is 23.1 Å². The molecule has 2 N–H and O–H groups in total. The molecule has 21 heavy (non-hydrogen) atoms. The molecule has 0 bridgehead atoms. The summed E-state index contributed by atoms with van der Waals surface area (Å²) in [6, 6.07) is 7.25. The third kappa shape index (κ3) is 2.63. The Morgan fingerprint density at radius 3 is 3.00 bits per heavy atom. The predicted molar refractivity (Wildman–Crippen MR) is 77.6 cm³/mol. The van der Waals surface area contributed by atoms with E-state index in [0.29, 0.717) is 16.3 Å². The van der Waals surface area contributed by atoms with Crippen LogP contribution in [0.3, 0.4) is 0 Å². The fourth-order valence-corrected chi connectivity index (χ4v) is 2.13. The number of nitrogens with zero attached hydrogens (tertiary/aromatic N) is 4. The lowest BCUT2D eigenvalue weighted by molar-refractivity contribution is 0.102. The van der Waals surface area contributed by atoms with Gasteiger partial charge >= 0.3 is 0 Å². The highest BCUT2D eigenvalue weighted by Crippen LogP contribution is 2.18. The van der Waals surface area contributed by atoms with Crippen molar-refractivity contribution in [3.8, 4) is 5.69 Å². The lowest BCUT2D eigenvalue weighted by atomic mass is 10.2. The first-order chi connectivity index (χ1) is 10.1. The largest absolute Gasteiger partial charge is 0.291 e. The molecule has 0 atom stereocenters. The van der Waals surface area contributed by atoms with Gasteiger partial charge in [0.2, 0.25) is 5.95 Å². The smallest absolute Gasteiger partial charge is 0.261 e. The molecule has 2 aromatic heterocycles. The molecule has 0 aliphatic heterocycles. The van der Waals surface area contributed by atoms with Crippen LogP contribution in [0.4, 0.5) is 5.95 Å². The number of aromatic nitrogens is 5. The third-order valence-electron chi connectivity index (χ3n) is 2.95. The van der Waals surface area contributed by atoms with Crippen molar-refractivity contribution in [2.45, 2.75) is 6.92 Å². The van der Waals surface area contributed by atoms with Crippen LogP contribution < -0.4 is 5.32 Å². The number of anilines is 1. The lowest BCUT2D eigenvalue weighted by Gasteiger charge is -2.05. The fraction of sp³-hybridized carbons (Fsp3) is 0.0769. The molecule has 0 aliphatic carbocycles. The molecule has 2 heterocycles. The average Bonchev–Trinajstić information content (AvgIpc) is 3.08. The molecule has 0 unspecified atom stereocenters.